The topological polar surface area (TPSA) is 151 Å². The molecule has 9 nitrogen and oxygen atoms in total. The van der Waals surface area contributed by atoms with Crippen LogP contribution in [0.3, 0.4) is 0 Å². The molecule has 0 spiro atoms. The zero-order chi connectivity index (χ0) is 19.7. The van der Waals surface area contributed by atoms with Crippen LogP contribution < -0.4 is 21.7 Å². The normalized spacial score (nSPS) is 15.6. The van der Waals surface area contributed by atoms with E-state index in [-0.39, 0.29) is 18.1 Å². The van der Waals surface area contributed by atoms with Gasteiger partial charge in [0, 0.05) is 5.75 Å². The smallest absolute Gasteiger partial charge is 0.326 e. The molecule has 0 aliphatic carbocycles. The Hall–Kier alpha value is -1.81. The van der Waals surface area contributed by atoms with Gasteiger partial charge >= 0.3 is 5.97 Å². The second-order valence-electron chi connectivity index (χ2n) is 6.29. The molecule has 6 N–H and O–H groups in total. The fraction of sp³-hybridized carbons (Fsp3) is 0.733. The molecule has 4 unspecified atom stereocenters. The average molecular weight is 376 g/mol. The summed E-state index contributed by atoms with van der Waals surface area (Å²) in [6, 6.07) is -3.76. The Labute approximate surface area is 152 Å². The van der Waals surface area contributed by atoms with Crippen molar-refractivity contribution in [2.24, 2.45) is 11.7 Å². The van der Waals surface area contributed by atoms with Crippen molar-refractivity contribution in [3.05, 3.63) is 0 Å². The van der Waals surface area contributed by atoms with E-state index in [1.807, 2.05) is 13.8 Å². The number of aliphatic carboxylic acids is 1. The number of carbonyl (C=O) groups is 4. The van der Waals surface area contributed by atoms with Crippen molar-refractivity contribution in [1.82, 2.24) is 16.0 Å². The molecule has 0 aromatic heterocycles. The van der Waals surface area contributed by atoms with E-state index >= 15 is 0 Å². The van der Waals surface area contributed by atoms with Crippen molar-refractivity contribution >= 4 is 36.3 Å². The van der Waals surface area contributed by atoms with E-state index in [4.69, 9.17) is 10.8 Å². The van der Waals surface area contributed by atoms with E-state index in [9.17, 15) is 19.2 Å². The molecule has 0 aliphatic heterocycles. The Morgan fingerprint density at radius 1 is 0.920 bits per heavy atom. The van der Waals surface area contributed by atoms with Crippen molar-refractivity contribution in [1.29, 1.82) is 0 Å². The molecular weight excluding hydrogens is 348 g/mol. The molecular formula is C15H28N4O5S. The van der Waals surface area contributed by atoms with Gasteiger partial charge in [-0.3, -0.25) is 14.4 Å². The van der Waals surface area contributed by atoms with Crippen LogP contribution in [0.15, 0.2) is 0 Å². The molecule has 0 heterocycles. The van der Waals surface area contributed by atoms with Gasteiger partial charge in [-0.25, -0.2) is 4.79 Å². The maximum atomic E-state index is 12.1. The van der Waals surface area contributed by atoms with E-state index in [1.54, 1.807) is 0 Å². The predicted molar refractivity (Wildman–Crippen MR) is 96.1 cm³/mol. The third-order valence-corrected chi connectivity index (χ3v) is 3.67. The molecule has 0 radical (unpaired) electrons. The molecule has 10 heteroatoms. The number of rotatable bonds is 10. The van der Waals surface area contributed by atoms with E-state index in [0.717, 1.165) is 0 Å². The van der Waals surface area contributed by atoms with Crippen molar-refractivity contribution in [3.63, 3.8) is 0 Å². The largest absolute Gasteiger partial charge is 0.480 e. The first-order valence-electron chi connectivity index (χ1n) is 7.99. The summed E-state index contributed by atoms with van der Waals surface area (Å²) in [5.41, 5.74) is 5.42. The lowest BCUT2D eigenvalue weighted by atomic mass is 10.0. The first-order valence-corrected chi connectivity index (χ1v) is 8.63. The van der Waals surface area contributed by atoms with Crippen LogP contribution in [0.2, 0.25) is 0 Å². The van der Waals surface area contributed by atoms with Crippen LogP contribution in [0.25, 0.3) is 0 Å². The number of nitrogens with two attached hydrogens (primary N) is 1. The van der Waals surface area contributed by atoms with Crippen LogP contribution in [-0.4, -0.2) is 58.7 Å². The molecule has 0 aromatic rings. The minimum atomic E-state index is -1.14. The Morgan fingerprint density at radius 2 is 1.44 bits per heavy atom. The van der Waals surface area contributed by atoms with Gasteiger partial charge in [-0.1, -0.05) is 13.8 Å². The molecule has 0 saturated heterocycles. The van der Waals surface area contributed by atoms with Crippen LogP contribution in [0.1, 0.15) is 34.1 Å². The SMILES string of the molecule is CC(C)CC(NC(=O)C(C)NC(=O)C(CS)NC(=O)C(C)N)C(=O)O. The number of carboxylic acids is 1. The highest BCUT2D eigenvalue weighted by molar-refractivity contribution is 7.80. The third kappa shape index (κ3) is 8.73. The Kier molecular flexibility index (Phi) is 10.1. The molecule has 0 saturated carbocycles. The van der Waals surface area contributed by atoms with Crippen LogP contribution in [-0.2, 0) is 19.2 Å². The standard InChI is InChI=1S/C15H28N4O5S/c1-7(2)5-10(15(23)24)18-13(21)9(4)17-14(22)11(6-25)19-12(20)8(3)16/h7-11,25H,5-6,16H2,1-4H3,(H,17,22)(H,18,21)(H,19,20)(H,23,24). The lowest BCUT2D eigenvalue weighted by molar-refractivity contribution is -0.142. The highest BCUT2D eigenvalue weighted by Gasteiger charge is 2.27. The average Bonchev–Trinajstić information content (AvgIpc) is 2.50. The van der Waals surface area contributed by atoms with E-state index in [2.05, 4.69) is 28.6 Å². The quantitative estimate of drug-likeness (QED) is 0.266. The third-order valence-electron chi connectivity index (χ3n) is 3.30. The van der Waals surface area contributed by atoms with Gasteiger partial charge < -0.3 is 26.8 Å². The number of thiol groups is 1. The zero-order valence-corrected chi connectivity index (χ0v) is 15.8. The van der Waals surface area contributed by atoms with Crippen molar-refractivity contribution in [3.8, 4) is 0 Å². The summed E-state index contributed by atoms with van der Waals surface area (Å²) in [5, 5.41) is 16.4. The van der Waals surface area contributed by atoms with Crippen molar-refractivity contribution < 1.29 is 24.3 Å². The van der Waals surface area contributed by atoms with Gasteiger partial charge in [0.15, 0.2) is 0 Å². The monoisotopic (exact) mass is 376 g/mol. The minimum Gasteiger partial charge on any atom is -0.480 e. The van der Waals surface area contributed by atoms with Crippen LogP contribution >= 0.6 is 12.6 Å². The van der Waals surface area contributed by atoms with Crippen LogP contribution in [0.4, 0.5) is 0 Å². The molecule has 0 fully saturated rings. The highest BCUT2D eigenvalue weighted by atomic mass is 32.1. The molecule has 25 heavy (non-hydrogen) atoms. The van der Waals surface area contributed by atoms with Gasteiger partial charge in [0.2, 0.25) is 17.7 Å². The summed E-state index contributed by atoms with van der Waals surface area (Å²) in [4.78, 5) is 47.0. The Bertz CT molecular complexity index is 498. The maximum absolute atomic E-state index is 12.1. The molecule has 0 rings (SSSR count). The summed E-state index contributed by atoms with van der Waals surface area (Å²) in [6.45, 7) is 6.57. The Morgan fingerprint density at radius 3 is 1.84 bits per heavy atom. The fourth-order valence-electron chi connectivity index (χ4n) is 1.87. The summed E-state index contributed by atoms with van der Waals surface area (Å²) in [6.07, 6.45) is 0.269. The van der Waals surface area contributed by atoms with E-state index in [1.165, 1.54) is 13.8 Å². The summed E-state index contributed by atoms with van der Waals surface area (Å²) in [7, 11) is 0. The summed E-state index contributed by atoms with van der Waals surface area (Å²) >= 11 is 4.00. The highest BCUT2D eigenvalue weighted by Crippen LogP contribution is 2.05. The van der Waals surface area contributed by atoms with Gasteiger partial charge in [-0.2, -0.15) is 12.6 Å². The van der Waals surface area contributed by atoms with E-state index < -0.39 is 47.9 Å². The molecule has 0 aliphatic rings. The molecule has 144 valence electrons. The van der Waals surface area contributed by atoms with Crippen molar-refractivity contribution in [2.45, 2.75) is 58.3 Å². The number of hydrogen-bond acceptors (Lipinski definition) is 6. The van der Waals surface area contributed by atoms with Gasteiger partial charge in [-0.15, -0.1) is 0 Å². The number of amides is 3. The summed E-state index contributed by atoms with van der Waals surface area (Å²) < 4.78 is 0. The maximum Gasteiger partial charge on any atom is 0.326 e. The first kappa shape index (κ1) is 23.2. The molecule has 0 bridgehead atoms. The van der Waals surface area contributed by atoms with Gasteiger partial charge in [-0.05, 0) is 26.2 Å². The molecule has 3 amide bonds. The number of carbonyl (C=O) groups excluding carboxylic acids is 3. The van der Waals surface area contributed by atoms with Gasteiger partial charge in [0.25, 0.3) is 0 Å². The second-order valence-corrected chi connectivity index (χ2v) is 6.66. The first-order chi connectivity index (χ1) is 11.5. The number of carboxylic acid groups (broad SMARTS) is 1. The van der Waals surface area contributed by atoms with E-state index in [0.29, 0.717) is 0 Å². The van der Waals surface area contributed by atoms with Crippen LogP contribution in [0, 0.1) is 5.92 Å². The summed E-state index contributed by atoms with van der Waals surface area (Å²) in [5.74, 6) is -2.80. The lowest BCUT2D eigenvalue weighted by Crippen LogP contribution is -2.56. The lowest BCUT2D eigenvalue weighted by Gasteiger charge is -2.22. The molecule has 0 aromatic carbocycles. The molecule has 4 atom stereocenters. The fourth-order valence-corrected chi connectivity index (χ4v) is 2.12. The Balaban J connectivity index is 4.74. The minimum absolute atomic E-state index is 0.0176. The van der Waals surface area contributed by atoms with Gasteiger partial charge in [0.05, 0.1) is 6.04 Å². The number of hydrogen-bond donors (Lipinski definition) is 6. The zero-order valence-electron chi connectivity index (χ0n) is 14.9. The second kappa shape index (κ2) is 10.9. The predicted octanol–water partition coefficient (Wildman–Crippen LogP) is -1.13. The van der Waals surface area contributed by atoms with Gasteiger partial charge in [0.1, 0.15) is 18.1 Å². The number of nitrogens with one attached hydrogen (secondary N) is 3. The van der Waals surface area contributed by atoms with Crippen LogP contribution in [0.5, 0.6) is 0 Å². The van der Waals surface area contributed by atoms with Crippen molar-refractivity contribution in [2.75, 3.05) is 5.75 Å².